The third kappa shape index (κ3) is 4.75. The van der Waals surface area contributed by atoms with E-state index in [1.807, 2.05) is 0 Å². The first kappa shape index (κ1) is 17.9. The molecule has 0 bridgehead atoms. The van der Waals surface area contributed by atoms with Crippen molar-refractivity contribution in [1.29, 1.82) is 0 Å². The number of rotatable bonds is 4. The Hall–Kier alpha value is -1.47. The first-order chi connectivity index (χ1) is 10.8. The highest BCUT2D eigenvalue weighted by molar-refractivity contribution is 6.31. The molecule has 0 aromatic heterocycles. The number of hydrogen-bond acceptors (Lipinski definition) is 3. The smallest absolute Gasteiger partial charge is 0.406 e. The summed E-state index contributed by atoms with van der Waals surface area (Å²) in [6, 6.07) is 3.78. The van der Waals surface area contributed by atoms with Gasteiger partial charge in [-0.25, -0.2) is 0 Å². The van der Waals surface area contributed by atoms with Crippen LogP contribution in [0.15, 0.2) is 18.2 Å². The van der Waals surface area contributed by atoms with E-state index in [-0.39, 0.29) is 16.3 Å². The van der Waals surface area contributed by atoms with Crippen LogP contribution < -0.4 is 4.74 Å². The average molecular weight is 352 g/mol. The van der Waals surface area contributed by atoms with E-state index in [9.17, 15) is 18.0 Å². The molecule has 1 saturated heterocycles. The Balaban J connectivity index is 2.33. The molecule has 8 heteroatoms. The molecular weight excluding hydrogens is 335 g/mol. The normalized spacial score (nSPS) is 16.2. The fourth-order valence-electron chi connectivity index (χ4n) is 2.56. The second-order valence-corrected chi connectivity index (χ2v) is 5.67. The second kappa shape index (κ2) is 7.40. The number of amides is 1. The fourth-order valence-corrected chi connectivity index (χ4v) is 2.73. The van der Waals surface area contributed by atoms with Gasteiger partial charge in [-0.2, -0.15) is 13.2 Å². The number of carbonyl (C=O) groups excluding carboxylic acids is 1. The molecule has 2 rings (SSSR count). The van der Waals surface area contributed by atoms with Gasteiger partial charge in [0.1, 0.15) is 12.3 Å². The van der Waals surface area contributed by atoms with Crippen LogP contribution in [0.4, 0.5) is 13.2 Å². The van der Waals surface area contributed by atoms with E-state index < -0.39 is 24.7 Å². The van der Waals surface area contributed by atoms with Crippen LogP contribution in [-0.4, -0.2) is 49.9 Å². The quantitative estimate of drug-likeness (QED) is 0.833. The predicted octanol–water partition coefficient (Wildman–Crippen LogP) is 3.53. The molecule has 23 heavy (non-hydrogen) atoms. The van der Waals surface area contributed by atoms with E-state index in [0.717, 1.165) is 4.90 Å². The zero-order chi connectivity index (χ0) is 17.0. The lowest BCUT2D eigenvalue weighted by Crippen LogP contribution is -2.48. The Bertz CT molecular complexity index is 559. The van der Waals surface area contributed by atoms with Crippen molar-refractivity contribution in [3.05, 3.63) is 28.8 Å². The zero-order valence-corrected chi connectivity index (χ0v) is 13.3. The van der Waals surface area contributed by atoms with Crippen molar-refractivity contribution >= 4 is 17.5 Å². The predicted molar refractivity (Wildman–Crippen MR) is 78.9 cm³/mol. The molecule has 0 saturated carbocycles. The van der Waals surface area contributed by atoms with Crippen LogP contribution in [0, 0.1) is 0 Å². The first-order valence-electron chi connectivity index (χ1n) is 7.11. The standard InChI is InChI=1S/C15H17ClF3NO3/c1-22-13-3-2-10(16)8-12(13)14(21)20(9-15(17,18)19)11-4-6-23-7-5-11/h2-3,8,11H,4-7,9H2,1H3. The van der Waals surface area contributed by atoms with Gasteiger partial charge < -0.3 is 14.4 Å². The third-order valence-corrected chi connectivity index (χ3v) is 3.87. The van der Waals surface area contributed by atoms with E-state index in [1.165, 1.54) is 25.3 Å². The SMILES string of the molecule is COc1ccc(Cl)cc1C(=O)N(CC(F)(F)F)C1CCOCC1. The molecule has 1 heterocycles. The molecule has 128 valence electrons. The molecule has 0 atom stereocenters. The first-order valence-corrected chi connectivity index (χ1v) is 7.48. The van der Waals surface area contributed by atoms with Crippen molar-refractivity contribution in [3.63, 3.8) is 0 Å². The second-order valence-electron chi connectivity index (χ2n) is 5.24. The molecule has 1 aromatic rings. The van der Waals surface area contributed by atoms with Crippen molar-refractivity contribution in [2.75, 3.05) is 26.9 Å². The highest BCUT2D eigenvalue weighted by Crippen LogP contribution is 2.28. The van der Waals surface area contributed by atoms with Crippen molar-refractivity contribution in [1.82, 2.24) is 4.90 Å². The zero-order valence-electron chi connectivity index (χ0n) is 12.5. The van der Waals surface area contributed by atoms with Crippen LogP contribution in [0.1, 0.15) is 23.2 Å². The van der Waals surface area contributed by atoms with Gasteiger partial charge in [0.2, 0.25) is 0 Å². The van der Waals surface area contributed by atoms with E-state index in [4.69, 9.17) is 21.1 Å². The maximum Gasteiger partial charge on any atom is 0.406 e. The number of alkyl halides is 3. The van der Waals surface area contributed by atoms with Gasteiger partial charge in [-0.15, -0.1) is 0 Å². The summed E-state index contributed by atoms with van der Waals surface area (Å²) < 4.78 is 49.0. The Morgan fingerprint density at radius 3 is 2.61 bits per heavy atom. The average Bonchev–Trinajstić information content (AvgIpc) is 2.52. The summed E-state index contributed by atoms with van der Waals surface area (Å²) in [6.07, 6.45) is -3.75. The van der Waals surface area contributed by atoms with Gasteiger partial charge in [-0.1, -0.05) is 11.6 Å². The molecule has 4 nitrogen and oxygen atoms in total. The number of benzene rings is 1. The van der Waals surface area contributed by atoms with E-state index in [1.54, 1.807) is 0 Å². The number of nitrogens with zero attached hydrogens (tertiary/aromatic N) is 1. The highest BCUT2D eigenvalue weighted by Gasteiger charge is 2.38. The Kier molecular flexibility index (Phi) is 5.75. The van der Waals surface area contributed by atoms with Gasteiger partial charge in [-0.05, 0) is 31.0 Å². The van der Waals surface area contributed by atoms with E-state index in [0.29, 0.717) is 26.1 Å². The van der Waals surface area contributed by atoms with Crippen LogP contribution >= 0.6 is 11.6 Å². The molecule has 1 fully saturated rings. The number of carbonyl (C=O) groups is 1. The lowest BCUT2D eigenvalue weighted by Gasteiger charge is -2.35. The number of halogens is 4. The molecule has 1 aromatic carbocycles. The topological polar surface area (TPSA) is 38.8 Å². The minimum Gasteiger partial charge on any atom is -0.496 e. The molecule has 0 unspecified atom stereocenters. The van der Waals surface area contributed by atoms with Crippen molar-refractivity contribution < 1.29 is 27.4 Å². The summed E-state index contributed by atoms with van der Waals surface area (Å²) >= 11 is 5.87. The van der Waals surface area contributed by atoms with Crippen LogP contribution in [0.3, 0.4) is 0 Å². The molecule has 0 spiro atoms. The Morgan fingerprint density at radius 2 is 2.04 bits per heavy atom. The van der Waals surface area contributed by atoms with Gasteiger partial charge in [-0.3, -0.25) is 4.79 Å². The lowest BCUT2D eigenvalue weighted by atomic mass is 10.0. The van der Waals surface area contributed by atoms with Crippen LogP contribution in [0.2, 0.25) is 5.02 Å². The van der Waals surface area contributed by atoms with Crippen molar-refractivity contribution in [2.45, 2.75) is 25.1 Å². The molecule has 1 aliphatic heterocycles. The monoisotopic (exact) mass is 351 g/mol. The molecule has 0 radical (unpaired) electrons. The number of ether oxygens (including phenoxy) is 2. The Labute approximate surface area is 137 Å². The number of methoxy groups -OCH3 is 1. The fraction of sp³-hybridized carbons (Fsp3) is 0.533. The van der Waals surface area contributed by atoms with Crippen LogP contribution in [0.5, 0.6) is 5.75 Å². The van der Waals surface area contributed by atoms with E-state index >= 15 is 0 Å². The van der Waals surface area contributed by atoms with Crippen molar-refractivity contribution in [3.8, 4) is 5.75 Å². The summed E-state index contributed by atoms with van der Waals surface area (Å²) in [5.41, 5.74) is 0.0238. The molecule has 0 aliphatic carbocycles. The summed E-state index contributed by atoms with van der Waals surface area (Å²) in [4.78, 5) is 13.5. The molecular formula is C15H17ClF3NO3. The minimum atomic E-state index is -4.49. The van der Waals surface area contributed by atoms with Gasteiger partial charge >= 0.3 is 6.18 Å². The molecule has 0 N–H and O–H groups in total. The maximum atomic E-state index is 12.9. The largest absolute Gasteiger partial charge is 0.496 e. The van der Waals surface area contributed by atoms with Crippen LogP contribution in [0.25, 0.3) is 0 Å². The summed E-state index contributed by atoms with van der Waals surface area (Å²) in [5.74, 6) is -0.549. The summed E-state index contributed by atoms with van der Waals surface area (Å²) in [7, 11) is 1.35. The Morgan fingerprint density at radius 1 is 1.39 bits per heavy atom. The van der Waals surface area contributed by atoms with Gasteiger partial charge in [0.15, 0.2) is 0 Å². The van der Waals surface area contributed by atoms with Gasteiger partial charge in [0, 0.05) is 24.3 Å². The van der Waals surface area contributed by atoms with Gasteiger partial charge in [0.05, 0.1) is 12.7 Å². The minimum absolute atomic E-state index is 0.0238. The summed E-state index contributed by atoms with van der Waals surface area (Å²) in [5, 5.41) is 0.257. The van der Waals surface area contributed by atoms with E-state index in [2.05, 4.69) is 0 Å². The highest BCUT2D eigenvalue weighted by atomic mass is 35.5. The summed E-state index contributed by atoms with van der Waals surface area (Å²) in [6.45, 7) is -0.649. The lowest BCUT2D eigenvalue weighted by molar-refractivity contribution is -0.147. The van der Waals surface area contributed by atoms with Gasteiger partial charge in [0.25, 0.3) is 5.91 Å². The third-order valence-electron chi connectivity index (χ3n) is 3.63. The van der Waals surface area contributed by atoms with Crippen molar-refractivity contribution in [2.24, 2.45) is 0 Å². The maximum absolute atomic E-state index is 12.9. The number of hydrogen-bond donors (Lipinski definition) is 0. The molecule has 1 aliphatic rings. The molecule has 1 amide bonds. The van der Waals surface area contributed by atoms with Crippen LogP contribution in [-0.2, 0) is 4.74 Å².